The van der Waals surface area contributed by atoms with Crippen LogP contribution in [0.15, 0.2) is 0 Å². The second kappa shape index (κ2) is 2.91. The number of hydrogen-bond donors (Lipinski definition) is 2. The van der Waals surface area contributed by atoms with E-state index in [0.717, 1.165) is 9.09 Å². The van der Waals surface area contributed by atoms with Crippen molar-refractivity contribution in [1.82, 2.24) is 10.2 Å². The number of nitrogens with one attached hydrogen (secondary N) is 2. The SMILES string of the molecule is S=c1[nH]nc(NC2CCC2)s1. The molecule has 0 unspecified atom stereocenters. The van der Waals surface area contributed by atoms with E-state index in [1.165, 1.54) is 30.6 Å². The predicted octanol–water partition coefficient (Wildman–Crippen LogP) is 2.17. The molecule has 1 fully saturated rings. The lowest BCUT2D eigenvalue weighted by Crippen LogP contribution is -2.26. The van der Waals surface area contributed by atoms with Gasteiger partial charge >= 0.3 is 0 Å². The third-order valence-electron chi connectivity index (χ3n) is 1.87. The number of aromatic amines is 1. The molecule has 0 aliphatic heterocycles. The molecule has 1 aromatic rings. The van der Waals surface area contributed by atoms with Gasteiger partial charge in [0.25, 0.3) is 0 Å². The number of hydrogen-bond acceptors (Lipinski definition) is 4. The van der Waals surface area contributed by atoms with E-state index in [2.05, 4.69) is 15.5 Å². The van der Waals surface area contributed by atoms with Crippen molar-refractivity contribution < 1.29 is 0 Å². The molecule has 5 heteroatoms. The fraction of sp³-hybridized carbons (Fsp3) is 0.667. The van der Waals surface area contributed by atoms with Gasteiger partial charge in [0.2, 0.25) is 5.13 Å². The Hall–Kier alpha value is -0.420. The fourth-order valence-electron chi connectivity index (χ4n) is 1.02. The van der Waals surface area contributed by atoms with Gasteiger partial charge in [-0.25, -0.2) is 0 Å². The first-order valence-corrected chi connectivity index (χ1v) is 4.89. The molecule has 1 heterocycles. The minimum atomic E-state index is 0.643. The second-order valence-corrected chi connectivity index (χ2v) is 4.36. The predicted molar refractivity (Wildman–Crippen MR) is 48.6 cm³/mol. The molecule has 1 saturated carbocycles. The molecule has 0 radical (unpaired) electrons. The molecular formula is C6H9N3S2. The summed E-state index contributed by atoms with van der Waals surface area (Å²) >= 11 is 6.40. The molecule has 1 aromatic heterocycles. The summed E-state index contributed by atoms with van der Waals surface area (Å²) < 4.78 is 0.742. The molecule has 2 rings (SSSR count). The van der Waals surface area contributed by atoms with Gasteiger partial charge in [0.1, 0.15) is 0 Å². The minimum Gasteiger partial charge on any atom is -0.357 e. The maximum Gasteiger partial charge on any atom is 0.204 e. The highest BCUT2D eigenvalue weighted by molar-refractivity contribution is 7.73. The van der Waals surface area contributed by atoms with Crippen molar-refractivity contribution in [3.05, 3.63) is 3.95 Å². The lowest BCUT2D eigenvalue weighted by Gasteiger charge is -2.25. The van der Waals surface area contributed by atoms with Crippen LogP contribution in [-0.4, -0.2) is 16.2 Å². The van der Waals surface area contributed by atoms with Crippen molar-refractivity contribution >= 4 is 28.7 Å². The molecule has 60 valence electrons. The first kappa shape index (κ1) is 7.24. The lowest BCUT2D eigenvalue weighted by atomic mass is 9.93. The van der Waals surface area contributed by atoms with Crippen molar-refractivity contribution in [2.75, 3.05) is 5.32 Å². The Morgan fingerprint density at radius 3 is 2.91 bits per heavy atom. The molecule has 0 saturated heterocycles. The van der Waals surface area contributed by atoms with Crippen molar-refractivity contribution in [1.29, 1.82) is 0 Å². The van der Waals surface area contributed by atoms with Crippen molar-refractivity contribution in [3.63, 3.8) is 0 Å². The Bertz CT molecular complexity index is 286. The van der Waals surface area contributed by atoms with Crippen molar-refractivity contribution in [2.45, 2.75) is 25.3 Å². The Labute approximate surface area is 73.8 Å². The lowest BCUT2D eigenvalue weighted by molar-refractivity contribution is 0.445. The molecular weight excluding hydrogens is 178 g/mol. The van der Waals surface area contributed by atoms with Gasteiger partial charge in [0.05, 0.1) is 0 Å². The first-order valence-electron chi connectivity index (χ1n) is 3.66. The molecule has 1 aliphatic rings. The Balaban J connectivity index is 2.00. The van der Waals surface area contributed by atoms with Crippen LogP contribution in [0.1, 0.15) is 19.3 Å². The maximum absolute atomic E-state index is 4.90. The molecule has 1 aliphatic carbocycles. The Morgan fingerprint density at radius 2 is 2.45 bits per heavy atom. The average Bonchev–Trinajstić information content (AvgIpc) is 2.27. The zero-order valence-corrected chi connectivity index (χ0v) is 7.60. The van der Waals surface area contributed by atoms with E-state index in [9.17, 15) is 0 Å². The van der Waals surface area contributed by atoms with Crippen LogP contribution >= 0.6 is 23.6 Å². The van der Waals surface area contributed by atoms with E-state index >= 15 is 0 Å². The van der Waals surface area contributed by atoms with Crippen LogP contribution in [-0.2, 0) is 0 Å². The van der Waals surface area contributed by atoms with E-state index in [1.54, 1.807) is 0 Å². The molecule has 0 spiro atoms. The van der Waals surface area contributed by atoms with Gasteiger partial charge in [-0.15, -0.1) is 5.10 Å². The van der Waals surface area contributed by atoms with Gasteiger partial charge in [-0.1, -0.05) is 11.3 Å². The van der Waals surface area contributed by atoms with Crippen LogP contribution in [0.4, 0.5) is 5.13 Å². The zero-order valence-electron chi connectivity index (χ0n) is 5.96. The zero-order chi connectivity index (χ0) is 7.68. The smallest absolute Gasteiger partial charge is 0.204 e. The Morgan fingerprint density at radius 1 is 1.64 bits per heavy atom. The number of H-pyrrole nitrogens is 1. The highest BCUT2D eigenvalue weighted by atomic mass is 32.1. The third kappa shape index (κ3) is 1.59. The molecule has 11 heavy (non-hydrogen) atoms. The molecule has 0 atom stereocenters. The summed E-state index contributed by atoms with van der Waals surface area (Å²) in [6, 6.07) is 0.643. The average molecular weight is 187 g/mol. The van der Waals surface area contributed by atoms with Gasteiger partial charge < -0.3 is 5.32 Å². The van der Waals surface area contributed by atoms with Gasteiger partial charge in [0, 0.05) is 6.04 Å². The molecule has 0 aromatic carbocycles. The van der Waals surface area contributed by atoms with Crippen LogP contribution in [0.3, 0.4) is 0 Å². The molecule has 2 N–H and O–H groups in total. The number of anilines is 1. The maximum atomic E-state index is 4.90. The highest BCUT2D eigenvalue weighted by Gasteiger charge is 2.17. The van der Waals surface area contributed by atoms with Crippen LogP contribution < -0.4 is 5.32 Å². The van der Waals surface area contributed by atoms with Crippen molar-refractivity contribution in [3.8, 4) is 0 Å². The summed E-state index contributed by atoms with van der Waals surface area (Å²) in [7, 11) is 0. The van der Waals surface area contributed by atoms with Crippen molar-refractivity contribution in [2.24, 2.45) is 0 Å². The summed E-state index contributed by atoms with van der Waals surface area (Å²) in [5.41, 5.74) is 0. The van der Waals surface area contributed by atoms with Crippen LogP contribution in [0.25, 0.3) is 0 Å². The van der Waals surface area contributed by atoms with Gasteiger partial charge in [0.15, 0.2) is 3.95 Å². The van der Waals surface area contributed by atoms with Gasteiger partial charge in [-0.3, -0.25) is 5.10 Å². The topological polar surface area (TPSA) is 40.7 Å². The molecule has 3 nitrogen and oxygen atoms in total. The van der Waals surface area contributed by atoms with Crippen LogP contribution in [0.5, 0.6) is 0 Å². The third-order valence-corrected chi connectivity index (χ3v) is 2.89. The molecule has 0 amide bonds. The molecule has 0 bridgehead atoms. The number of aromatic nitrogens is 2. The quantitative estimate of drug-likeness (QED) is 0.697. The van der Waals surface area contributed by atoms with Gasteiger partial charge in [-0.05, 0) is 31.5 Å². The van der Waals surface area contributed by atoms with E-state index < -0.39 is 0 Å². The van der Waals surface area contributed by atoms with E-state index in [0.29, 0.717) is 6.04 Å². The van der Waals surface area contributed by atoms with Crippen LogP contribution in [0, 0.1) is 3.95 Å². The minimum absolute atomic E-state index is 0.643. The monoisotopic (exact) mass is 187 g/mol. The highest BCUT2D eigenvalue weighted by Crippen LogP contribution is 2.23. The largest absolute Gasteiger partial charge is 0.357 e. The van der Waals surface area contributed by atoms with E-state index in [4.69, 9.17) is 12.2 Å². The second-order valence-electron chi connectivity index (χ2n) is 2.69. The summed E-state index contributed by atoms with van der Waals surface area (Å²) in [6.07, 6.45) is 3.88. The number of nitrogens with zero attached hydrogens (tertiary/aromatic N) is 1. The summed E-state index contributed by atoms with van der Waals surface area (Å²) in [5.74, 6) is 0. The van der Waals surface area contributed by atoms with Gasteiger partial charge in [-0.2, -0.15) is 0 Å². The fourth-order valence-corrected chi connectivity index (χ4v) is 1.89. The summed E-state index contributed by atoms with van der Waals surface area (Å²) in [6.45, 7) is 0. The first-order chi connectivity index (χ1) is 5.34. The standard InChI is InChI=1S/C6H9N3S2/c10-6-9-8-5(11-6)7-4-2-1-3-4/h4H,1-3H2,(H,7,8)(H,9,10). The van der Waals surface area contributed by atoms with Crippen LogP contribution in [0.2, 0.25) is 0 Å². The normalized spacial score (nSPS) is 17.8. The summed E-state index contributed by atoms with van der Waals surface area (Å²) in [4.78, 5) is 0. The Kier molecular flexibility index (Phi) is 1.91. The number of rotatable bonds is 2. The van der Waals surface area contributed by atoms with E-state index in [-0.39, 0.29) is 0 Å². The van der Waals surface area contributed by atoms with E-state index in [1.807, 2.05) is 0 Å². The summed E-state index contributed by atoms with van der Waals surface area (Å²) in [5, 5.41) is 11.0.